The number of nitrogens with zero attached hydrogens (tertiary/aromatic N) is 3. The van der Waals surface area contributed by atoms with Gasteiger partial charge in [-0.1, -0.05) is 19.3 Å². The quantitative estimate of drug-likeness (QED) is 0.604. The molecule has 31 heavy (non-hydrogen) atoms. The van der Waals surface area contributed by atoms with Crippen molar-refractivity contribution in [1.82, 2.24) is 14.9 Å². The average molecular weight is 437 g/mol. The van der Waals surface area contributed by atoms with Crippen LogP contribution in [0.4, 0.5) is 5.69 Å². The molecule has 0 atom stereocenters. The molecule has 1 N–H and O–H groups in total. The number of hydrogen-bond acceptors (Lipinski definition) is 5. The third kappa shape index (κ3) is 4.32. The molecule has 1 saturated carbocycles. The van der Waals surface area contributed by atoms with Crippen LogP contribution >= 0.6 is 11.3 Å². The van der Waals surface area contributed by atoms with E-state index in [0.29, 0.717) is 28.0 Å². The molecule has 0 unspecified atom stereocenters. The van der Waals surface area contributed by atoms with E-state index in [9.17, 15) is 9.59 Å². The van der Waals surface area contributed by atoms with E-state index in [2.05, 4.69) is 15.3 Å². The molecule has 4 rings (SSSR count). The molecule has 0 spiro atoms. The molecule has 2 heterocycles. The van der Waals surface area contributed by atoms with E-state index in [1.165, 1.54) is 30.6 Å². The number of carbonyl (C=O) groups excluding carboxylic acids is 2. The first-order chi connectivity index (χ1) is 14.8. The van der Waals surface area contributed by atoms with Crippen molar-refractivity contribution in [3.63, 3.8) is 0 Å². The van der Waals surface area contributed by atoms with E-state index in [4.69, 9.17) is 0 Å². The summed E-state index contributed by atoms with van der Waals surface area (Å²) >= 11 is 1.38. The van der Waals surface area contributed by atoms with E-state index in [0.717, 1.165) is 34.3 Å². The number of nitrogens with one attached hydrogen (secondary N) is 1. The Kier molecular flexibility index (Phi) is 6.05. The van der Waals surface area contributed by atoms with Crippen molar-refractivity contribution in [2.75, 3.05) is 12.4 Å². The molecular weight excluding hydrogens is 408 g/mol. The van der Waals surface area contributed by atoms with Gasteiger partial charge in [0.25, 0.3) is 11.8 Å². The van der Waals surface area contributed by atoms with E-state index in [-0.39, 0.29) is 11.8 Å². The molecular formula is C24H28N4O2S. The molecule has 0 radical (unpaired) electrons. The van der Waals surface area contributed by atoms with Crippen molar-refractivity contribution >= 4 is 39.1 Å². The number of carbonyl (C=O) groups is 2. The molecule has 1 aliphatic carbocycles. The third-order valence-corrected chi connectivity index (χ3v) is 7.31. The number of thiophene rings is 1. The van der Waals surface area contributed by atoms with Crippen molar-refractivity contribution in [3.8, 4) is 0 Å². The lowest BCUT2D eigenvalue weighted by molar-refractivity contribution is 0.0696. The van der Waals surface area contributed by atoms with Gasteiger partial charge in [0.2, 0.25) is 0 Å². The SMILES string of the molecule is Cc1nc(C)c2c(C)c(C(=O)Nc3ccc(C(=O)N(C)C4CCCCC4)cc3)sc2n1. The fourth-order valence-corrected chi connectivity index (χ4v) is 5.58. The molecule has 7 heteroatoms. The lowest BCUT2D eigenvalue weighted by atomic mass is 9.94. The monoisotopic (exact) mass is 436 g/mol. The predicted molar refractivity (Wildman–Crippen MR) is 125 cm³/mol. The van der Waals surface area contributed by atoms with Crippen LogP contribution in [-0.4, -0.2) is 39.8 Å². The van der Waals surface area contributed by atoms with Gasteiger partial charge in [-0.25, -0.2) is 9.97 Å². The zero-order valence-corrected chi connectivity index (χ0v) is 19.3. The number of aryl methyl sites for hydroxylation is 3. The van der Waals surface area contributed by atoms with E-state index in [1.807, 2.05) is 32.7 Å². The van der Waals surface area contributed by atoms with Crippen LogP contribution in [0.3, 0.4) is 0 Å². The lowest BCUT2D eigenvalue weighted by Gasteiger charge is -2.31. The molecule has 0 saturated heterocycles. The number of aromatic nitrogens is 2. The highest BCUT2D eigenvalue weighted by atomic mass is 32.1. The van der Waals surface area contributed by atoms with Crippen LogP contribution < -0.4 is 5.32 Å². The molecule has 1 aromatic carbocycles. The van der Waals surface area contributed by atoms with Gasteiger partial charge in [0.05, 0.1) is 4.88 Å². The minimum Gasteiger partial charge on any atom is -0.339 e. The van der Waals surface area contributed by atoms with Crippen LogP contribution in [0.5, 0.6) is 0 Å². The first kappa shape index (κ1) is 21.4. The van der Waals surface area contributed by atoms with Gasteiger partial charge >= 0.3 is 0 Å². The zero-order valence-electron chi connectivity index (χ0n) is 18.5. The van der Waals surface area contributed by atoms with E-state index < -0.39 is 0 Å². The van der Waals surface area contributed by atoms with Crippen LogP contribution in [0.25, 0.3) is 10.2 Å². The smallest absolute Gasteiger partial charge is 0.266 e. The first-order valence-electron chi connectivity index (χ1n) is 10.8. The average Bonchev–Trinajstić information content (AvgIpc) is 3.10. The van der Waals surface area contributed by atoms with Gasteiger partial charge in [-0.15, -0.1) is 11.3 Å². The topological polar surface area (TPSA) is 75.2 Å². The number of hydrogen-bond donors (Lipinski definition) is 1. The Morgan fingerprint density at radius 3 is 2.39 bits per heavy atom. The number of rotatable bonds is 4. The van der Waals surface area contributed by atoms with Crippen LogP contribution in [0.15, 0.2) is 24.3 Å². The Morgan fingerprint density at radius 1 is 1.03 bits per heavy atom. The van der Waals surface area contributed by atoms with Gasteiger partial charge in [-0.2, -0.15) is 0 Å². The molecule has 1 aliphatic rings. The highest BCUT2D eigenvalue weighted by molar-refractivity contribution is 7.20. The Morgan fingerprint density at radius 2 is 1.71 bits per heavy atom. The van der Waals surface area contributed by atoms with Crippen LogP contribution in [0.1, 0.15) is 69.2 Å². The number of amides is 2. The number of benzene rings is 1. The summed E-state index contributed by atoms with van der Waals surface area (Å²) in [5.74, 6) is 0.571. The van der Waals surface area contributed by atoms with Gasteiger partial charge in [0, 0.05) is 35.4 Å². The van der Waals surface area contributed by atoms with E-state index in [1.54, 1.807) is 24.3 Å². The number of fused-ring (bicyclic) bond motifs is 1. The van der Waals surface area contributed by atoms with Crippen molar-refractivity contribution in [1.29, 1.82) is 0 Å². The summed E-state index contributed by atoms with van der Waals surface area (Å²) < 4.78 is 0. The second kappa shape index (κ2) is 8.75. The summed E-state index contributed by atoms with van der Waals surface area (Å²) in [5, 5.41) is 3.90. The van der Waals surface area contributed by atoms with Gasteiger partial charge in [0.1, 0.15) is 10.7 Å². The maximum atomic E-state index is 12.9. The predicted octanol–water partition coefficient (Wildman–Crippen LogP) is 5.27. The van der Waals surface area contributed by atoms with Crippen molar-refractivity contribution in [2.24, 2.45) is 0 Å². The van der Waals surface area contributed by atoms with Crippen molar-refractivity contribution in [2.45, 2.75) is 58.9 Å². The van der Waals surface area contributed by atoms with Crippen LogP contribution in [0.2, 0.25) is 0 Å². The maximum Gasteiger partial charge on any atom is 0.266 e. The van der Waals surface area contributed by atoms with Crippen LogP contribution in [0, 0.1) is 20.8 Å². The van der Waals surface area contributed by atoms with Gasteiger partial charge < -0.3 is 10.2 Å². The Balaban J connectivity index is 1.48. The molecule has 1 fully saturated rings. The lowest BCUT2D eigenvalue weighted by Crippen LogP contribution is -2.38. The fraction of sp³-hybridized carbons (Fsp3) is 0.417. The molecule has 3 aromatic rings. The summed E-state index contributed by atoms with van der Waals surface area (Å²) in [6.45, 7) is 5.73. The molecule has 2 amide bonds. The summed E-state index contributed by atoms with van der Waals surface area (Å²) in [6.07, 6.45) is 5.80. The maximum absolute atomic E-state index is 12.9. The minimum atomic E-state index is -0.170. The van der Waals surface area contributed by atoms with Crippen LogP contribution in [-0.2, 0) is 0 Å². The van der Waals surface area contributed by atoms with Crippen molar-refractivity contribution in [3.05, 3.63) is 51.8 Å². The van der Waals surface area contributed by atoms with Gasteiger partial charge in [-0.05, 0) is 63.4 Å². The number of anilines is 1. The molecule has 6 nitrogen and oxygen atoms in total. The highest BCUT2D eigenvalue weighted by Crippen LogP contribution is 2.32. The van der Waals surface area contributed by atoms with Crippen molar-refractivity contribution < 1.29 is 9.59 Å². The Bertz CT molecular complexity index is 1130. The minimum absolute atomic E-state index is 0.0366. The largest absolute Gasteiger partial charge is 0.339 e. The second-order valence-electron chi connectivity index (χ2n) is 8.33. The molecule has 162 valence electrons. The summed E-state index contributed by atoms with van der Waals surface area (Å²) in [5.41, 5.74) is 3.10. The third-order valence-electron chi connectivity index (χ3n) is 6.12. The summed E-state index contributed by atoms with van der Waals surface area (Å²) in [4.78, 5) is 38.0. The Labute approximate surface area is 186 Å². The fourth-order valence-electron chi connectivity index (χ4n) is 4.41. The molecule has 0 bridgehead atoms. The standard InChI is InChI=1S/C24H28N4O2S/c1-14-20-15(2)25-16(3)26-23(20)31-21(14)22(29)27-18-12-10-17(11-13-18)24(30)28(4)19-8-6-5-7-9-19/h10-13,19H,5-9H2,1-4H3,(H,27,29). The first-order valence-corrected chi connectivity index (χ1v) is 11.6. The second-order valence-corrected chi connectivity index (χ2v) is 9.33. The molecule has 2 aromatic heterocycles. The van der Waals surface area contributed by atoms with Gasteiger partial charge in [-0.3, -0.25) is 9.59 Å². The zero-order chi connectivity index (χ0) is 22.1. The molecule has 0 aliphatic heterocycles. The van der Waals surface area contributed by atoms with Gasteiger partial charge in [0.15, 0.2) is 0 Å². The Hall–Kier alpha value is -2.80. The summed E-state index contributed by atoms with van der Waals surface area (Å²) in [6, 6.07) is 7.48. The summed E-state index contributed by atoms with van der Waals surface area (Å²) in [7, 11) is 1.89. The highest BCUT2D eigenvalue weighted by Gasteiger charge is 2.23. The van der Waals surface area contributed by atoms with E-state index >= 15 is 0 Å². The normalized spacial score (nSPS) is 14.6.